The highest BCUT2D eigenvalue weighted by Crippen LogP contribution is 2.22. The molecule has 2 rings (SSSR count). The van der Waals surface area contributed by atoms with Gasteiger partial charge in [-0.2, -0.15) is 0 Å². The van der Waals surface area contributed by atoms with E-state index in [2.05, 4.69) is 19.7 Å². The molecule has 0 aliphatic heterocycles. The molecule has 182 valence electrons. The Labute approximate surface area is 204 Å². The van der Waals surface area contributed by atoms with E-state index in [1.165, 1.54) is 26.0 Å². The number of carbonyl (C=O) groups excluding carboxylic acids is 4. The van der Waals surface area contributed by atoms with Crippen molar-refractivity contribution in [2.75, 3.05) is 0 Å². The molecule has 1 aromatic carbocycles. The Balaban J connectivity index is 2.20. The zero-order valence-electron chi connectivity index (χ0n) is 20.3. The highest BCUT2D eigenvalue weighted by molar-refractivity contribution is 6.06. The molecule has 7 heteroatoms. The van der Waals surface area contributed by atoms with Crippen molar-refractivity contribution < 1.29 is 33.4 Å². The van der Waals surface area contributed by atoms with Gasteiger partial charge in [0.2, 0.25) is 0 Å². The lowest BCUT2D eigenvalue weighted by Crippen LogP contribution is -2.34. The third-order valence-electron chi connectivity index (χ3n) is 4.79. The number of hydrogen-bond donors (Lipinski definition) is 0. The fourth-order valence-electron chi connectivity index (χ4n) is 2.85. The van der Waals surface area contributed by atoms with Crippen LogP contribution in [0.4, 0.5) is 0 Å². The monoisotopic (exact) mass is 476 g/mol. The van der Waals surface area contributed by atoms with E-state index in [0.717, 1.165) is 0 Å². The summed E-state index contributed by atoms with van der Waals surface area (Å²) in [6, 6.07) is 4.69. The second kappa shape index (κ2) is 11.7. The van der Waals surface area contributed by atoms with Crippen molar-refractivity contribution in [3.05, 3.63) is 102 Å². The van der Waals surface area contributed by atoms with Gasteiger partial charge in [0.15, 0.2) is 18.0 Å². The molecule has 0 aromatic heterocycles. The molecule has 0 N–H and O–H groups in total. The van der Waals surface area contributed by atoms with Crippen LogP contribution in [-0.2, 0) is 23.9 Å². The molecule has 2 unspecified atom stereocenters. The molecule has 35 heavy (non-hydrogen) atoms. The molecule has 1 aromatic rings. The fourth-order valence-corrected chi connectivity index (χ4v) is 2.85. The van der Waals surface area contributed by atoms with Crippen LogP contribution >= 0.6 is 0 Å². The van der Waals surface area contributed by atoms with Crippen LogP contribution in [0.1, 0.15) is 36.7 Å². The molecule has 7 nitrogen and oxygen atoms in total. The molecule has 0 amide bonds. The van der Waals surface area contributed by atoms with Gasteiger partial charge in [-0.25, -0.2) is 14.4 Å². The molecule has 0 fully saturated rings. The molecule has 0 saturated carbocycles. The molecule has 0 bridgehead atoms. The topological polar surface area (TPSA) is 96.0 Å². The number of rotatable bonds is 9. The maximum atomic E-state index is 12.7. The summed E-state index contributed by atoms with van der Waals surface area (Å²) in [5, 5.41) is 0. The van der Waals surface area contributed by atoms with E-state index < -0.39 is 30.1 Å². The Bertz CT molecular complexity index is 1190. The first-order valence-electron chi connectivity index (χ1n) is 10.7. The van der Waals surface area contributed by atoms with Gasteiger partial charge in [0.1, 0.15) is 5.75 Å². The number of aryl methyl sites for hydroxylation is 1. The number of hydrogen-bond acceptors (Lipinski definition) is 7. The lowest BCUT2D eigenvalue weighted by atomic mass is 9.99. The standard InChI is InChI=1S/C28H28O7/c1-16(2)26(30)33-21-10-11-22(19(7)14-21)23(29)12-8-20-9-13-24(34-27(31)17(3)4)25(15-20)35-28(32)18(5)6/h8-15,24-25H,1,3,5H2,2,4,6-7H3/b12-8+. The number of ketones is 1. The normalized spacial score (nSPS) is 16.7. The van der Waals surface area contributed by atoms with E-state index in [1.54, 1.807) is 50.3 Å². The summed E-state index contributed by atoms with van der Waals surface area (Å²) in [5.41, 5.74) is 2.29. The van der Waals surface area contributed by atoms with Crippen molar-refractivity contribution in [3.63, 3.8) is 0 Å². The van der Waals surface area contributed by atoms with Crippen molar-refractivity contribution in [2.24, 2.45) is 0 Å². The predicted octanol–water partition coefficient (Wildman–Crippen LogP) is 4.69. The Morgan fingerprint density at radius 2 is 1.43 bits per heavy atom. The van der Waals surface area contributed by atoms with E-state index >= 15 is 0 Å². The summed E-state index contributed by atoms with van der Waals surface area (Å²) in [6.45, 7) is 16.9. The molecular formula is C28H28O7. The molecule has 0 spiro atoms. The van der Waals surface area contributed by atoms with Crippen LogP contribution in [0.5, 0.6) is 5.75 Å². The Morgan fingerprint density at radius 1 is 0.857 bits per heavy atom. The summed E-state index contributed by atoms with van der Waals surface area (Å²) in [7, 11) is 0. The molecule has 0 radical (unpaired) electrons. The van der Waals surface area contributed by atoms with Crippen LogP contribution in [0.25, 0.3) is 0 Å². The summed E-state index contributed by atoms with van der Waals surface area (Å²) in [5.74, 6) is -1.77. The van der Waals surface area contributed by atoms with Crippen molar-refractivity contribution in [1.29, 1.82) is 0 Å². The van der Waals surface area contributed by atoms with Crippen LogP contribution in [-0.4, -0.2) is 35.9 Å². The number of esters is 3. The van der Waals surface area contributed by atoms with Gasteiger partial charge in [-0.1, -0.05) is 31.9 Å². The first-order valence-corrected chi connectivity index (χ1v) is 10.7. The summed E-state index contributed by atoms with van der Waals surface area (Å²) in [6.07, 6.45) is 5.96. The van der Waals surface area contributed by atoms with Crippen molar-refractivity contribution >= 4 is 23.7 Å². The third kappa shape index (κ3) is 7.64. The molecular weight excluding hydrogens is 448 g/mol. The Kier molecular flexibility index (Phi) is 9.05. The van der Waals surface area contributed by atoms with Crippen molar-refractivity contribution in [2.45, 2.75) is 39.9 Å². The molecule has 0 heterocycles. The zero-order chi connectivity index (χ0) is 26.3. The van der Waals surface area contributed by atoms with Gasteiger partial charge in [-0.15, -0.1) is 0 Å². The SMILES string of the molecule is C=C(C)C(=O)Oc1ccc(C(=O)/C=C/C2=CC(OC(=O)C(=C)C)C(OC(=O)C(=C)C)C=C2)c(C)c1. The van der Waals surface area contributed by atoms with Crippen molar-refractivity contribution in [1.82, 2.24) is 0 Å². The van der Waals surface area contributed by atoms with E-state index in [-0.39, 0.29) is 22.5 Å². The largest absolute Gasteiger partial charge is 0.450 e. The Morgan fingerprint density at radius 3 is 1.97 bits per heavy atom. The predicted molar refractivity (Wildman–Crippen MR) is 132 cm³/mol. The molecule has 0 saturated heterocycles. The Hall–Kier alpha value is -4.26. The highest BCUT2D eigenvalue weighted by Gasteiger charge is 2.28. The van der Waals surface area contributed by atoms with Crippen LogP contribution in [0.3, 0.4) is 0 Å². The van der Waals surface area contributed by atoms with Gasteiger partial charge < -0.3 is 14.2 Å². The van der Waals surface area contributed by atoms with Crippen LogP contribution in [0.15, 0.2) is 90.6 Å². The zero-order valence-corrected chi connectivity index (χ0v) is 20.3. The smallest absolute Gasteiger partial charge is 0.338 e. The second-order valence-electron chi connectivity index (χ2n) is 8.17. The molecule has 2 atom stereocenters. The lowest BCUT2D eigenvalue weighted by molar-refractivity contribution is -0.156. The first-order chi connectivity index (χ1) is 16.4. The maximum absolute atomic E-state index is 12.7. The van der Waals surface area contributed by atoms with E-state index in [1.807, 2.05) is 0 Å². The number of carbonyl (C=O) groups is 4. The second-order valence-corrected chi connectivity index (χ2v) is 8.17. The van der Waals surface area contributed by atoms with Gasteiger partial charge in [-0.05, 0) is 75.3 Å². The quantitative estimate of drug-likeness (QED) is 0.221. The summed E-state index contributed by atoms with van der Waals surface area (Å²) >= 11 is 0. The van der Waals surface area contributed by atoms with E-state index in [0.29, 0.717) is 22.4 Å². The highest BCUT2D eigenvalue weighted by atomic mass is 16.6. The molecule has 1 aliphatic rings. The third-order valence-corrected chi connectivity index (χ3v) is 4.79. The van der Waals surface area contributed by atoms with Gasteiger partial charge in [0.05, 0.1) is 0 Å². The average molecular weight is 477 g/mol. The fraction of sp³-hybridized carbons (Fsp3) is 0.214. The minimum absolute atomic E-state index is 0.193. The first kappa shape index (κ1) is 27.0. The maximum Gasteiger partial charge on any atom is 0.338 e. The molecule has 1 aliphatic carbocycles. The van der Waals surface area contributed by atoms with Gasteiger partial charge in [-0.3, -0.25) is 4.79 Å². The average Bonchev–Trinajstić information content (AvgIpc) is 2.78. The minimum atomic E-state index is -0.911. The van der Waals surface area contributed by atoms with Crippen LogP contribution in [0.2, 0.25) is 0 Å². The number of ether oxygens (including phenoxy) is 3. The number of benzene rings is 1. The van der Waals surface area contributed by atoms with Crippen molar-refractivity contribution in [3.8, 4) is 5.75 Å². The van der Waals surface area contributed by atoms with Crippen LogP contribution in [0, 0.1) is 6.92 Å². The minimum Gasteiger partial charge on any atom is -0.450 e. The summed E-state index contributed by atoms with van der Waals surface area (Å²) < 4.78 is 15.9. The lowest BCUT2D eigenvalue weighted by Gasteiger charge is -2.25. The van der Waals surface area contributed by atoms with Gasteiger partial charge >= 0.3 is 17.9 Å². The number of allylic oxidation sites excluding steroid dienone is 4. The van der Waals surface area contributed by atoms with Crippen LogP contribution < -0.4 is 4.74 Å². The van der Waals surface area contributed by atoms with E-state index in [4.69, 9.17) is 14.2 Å². The van der Waals surface area contributed by atoms with Gasteiger partial charge in [0.25, 0.3) is 0 Å². The van der Waals surface area contributed by atoms with Gasteiger partial charge in [0, 0.05) is 22.3 Å². The van der Waals surface area contributed by atoms with E-state index in [9.17, 15) is 19.2 Å². The summed E-state index contributed by atoms with van der Waals surface area (Å²) in [4.78, 5) is 48.4.